The van der Waals surface area contributed by atoms with Crippen molar-refractivity contribution >= 4 is 23.5 Å². The van der Waals surface area contributed by atoms with Crippen molar-refractivity contribution in [3.63, 3.8) is 0 Å². The summed E-state index contributed by atoms with van der Waals surface area (Å²) in [5, 5.41) is 2.84. The molecule has 3 rings (SSSR count). The fraction of sp³-hybridized carbons (Fsp3) is 0.550. The van der Waals surface area contributed by atoms with Crippen LogP contribution in [0.5, 0.6) is 0 Å². The normalized spacial score (nSPS) is 24.7. The number of esters is 1. The third-order valence-electron chi connectivity index (χ3n) is 5.40. The van der Waals surface area contributed by atoms with E-state index in [0.29, 0.717) is 23.7 Å². The average Bonchev–Trinajstić information content (AvgIpc) is 3.48. The Kier molecular flexibility index (Phi) is 5.59. The van der Waals surface area contributed by atoms with E-state index in [4.69, 9.17) is 0 Å². The first kappa shape index (κ1) is 18.4. The summed E-state index contributed by atoms with van der Waals surface area (Å²) in [7, 11) is 1.33. The fourth-order valence-electron chi connectivity index (χ4n) is 3.73. The van der Waals surface area contributed by atoms with Crippen LogP contribution in [-0.2, 0) is 14.3 Å². The number of hydrogen-bond donors (Lipinski definition) is 1. The number of nitrogens with one attached hydrogen (secondary N) is 1. The smallest absolute Gasteiger partial charge is 0.337 e. The lowest BCUT2D eigenvalue weighted by Gasteiger charge is -2.35. The summed E-state index contributed by atoms with van der Waals surface area (Å²) in [6.45, 7) is 2.93. The van der Waals surface area contributed by atoms with E-state index < -0.39 is 5.97 Å². The number of nitrogens with zero attached hydrogens (tertiary/aromatic N) is 1. The second kappa shape index (κ2) is 7.89. The molecule has 0 spiro atoms. The van der Waals surface area contributed by atoms with Crippen LogP contribution in [0.1, 0.15) is 49.4 Å². The fourth-order valence-corrected chi connectivity index (χ4v) is 3.73. The molecule has 6 heteroatoms. The van der Waals surface area contributed by atoms with Crippen LogP contribution >= 0.6 is 0 Å². The van der Waals surface area contributed by atoms with Crippen molar-refractivity contribution in [1.82, 2.24) is 4.90 Å². The van der Waals surface area contributed by atoms with Gasteiger partial charge in [0, 0.05) is 18.3 Å². The monoisotopic (exact) mass is 358 g/mol. The number of amides is 2. The molecule has 1 aliphatic heterocycles. The molecule has 6 nitrogen and oxygen atoms in total. The molecule has 1 heterocycles. The molecule has 2 aliphatic rings. The van der Waals surface area contributed by atoms with E-state index in [2.05, 4.69) is 17.0 Å². The van der Waals surface area contributed by atoms with Crippen molar-refractivity contribution in [2.24, 2.45) is 11.8 Å². The van der Waals surface area contributed by atoms with Crippen molar-refractivity contribution in [3.8, 4) is 0 Å². The van der Waals surface area contributed by atoms with Crippen molar-refractivity contribution in [2.75, 3.05) is 19.0 Å². The van der Waals surface area contributed by atoms with E-state index in [0.717, 1.165) is 25.8 Å². The number of ether oxygens (including phenoxy) is 1. The summed E-state index contributed by atoms with van der Waals surface area (Å²) in [5.74, 6) is -0.835. The predicted octanol–water partition coefficient (Wildman–Crippen LogP) is 2.84. The Morgan fingerprint density at radius 1 is 1.15 bits per heavy atom. The quantitative estimate of drug-likeness (QED) is 0.821. The van der Waals surface area contributed by atoms with Crippen molar-refractivity contribution in [1.29, 1.82) is 0 Å². The average molecular weight is 358 g/mol. The SMILES string of the molecule is CCC1CCCCN1C(=O)C1CC1C(=O)Nc1ccc(C(=O)OC)cc1. The third-order valence-corrected chi connectivity index (χ3v) is 5.40. The summed E-state index contributed by atoms with van der Waals surface area (Å²) < 4.78 is 4.65. The van der Waals surface area contributed by atoms with Gasteiger partial charge in [-0.05, 0) is 56.4 Å². The Labute approximate surface area is 153 Å². The summed E-state index contributed by atoms with van der Waals surface area (Å²) in [6, 6.07) is 6.88. The zero-order chi connectivity index (χ0) is 18.7. The summed E-state index contributed by atoms with van der Waals surface area (Å²) in [4.78, 5) is 38.6. The first-order valence-corrected chi connectivity index (χ1v) is 9.34. The maximum absolute atomic E-state index is 12.7. The number of likely N-dealkylation sites (tertiary alicyclic amines) is 1. The molecular weight excluding hydrogens is 332 g/mol. The highest BCUT2D eigenvalue weighted by molar-refractivity contribution is 6.00. The van der Waals surface area contributed by atoms with Crippen LogP contribution in [0, 0.1) is 11.8 Å². The number of piperidine rings is 1. The third kappa shape index (κ3) is 3.89. The van der Waals surface area contributed by atoms with E-state index in [9.17, 15) is 14.4 Å². The number of methoxy groups -OCH3 is 1. The number of anilines is 1. The van der Waals surface area contributed by atoms with Gasteiger partial charge in [-0.15, -0.1) is 0 Å². The van der Waals surface area contributed by atoms with Crippen LogP contribution in [0.25, 0.3) is 0 Å². The lowest BCUT2D eigenvalue weighted by Crippen LogP contribution is -2.44. The lowest BCUT2D eigenvalue weighted by atomic mass is 9.99. The van der Waals surface area contributed by atoms with E-state index in [1.165, 1.54) is 13.5 Å². The highest BCUT2D eigenvalue weighted by atomic mass is 16.5. The summed E-state index contributed by atoms with van der Waals surface area (Å²) in [6.07, 6.45) is 4.90. The molecular formula is C20H26N2O4. The number of carbonyl (C=O) groups excluding carboxylic acids is 3. The van der Waals surface area contributed by atoms with Gasteiger partial charge in [-0.25, -0.2) is 4.79 Å². The van der Waals surface area contributed by atoms with Crippen LogP contribution in [0.3, 0.4) is 0 Å². The van der Waals surface area contributed by atoms with Gasteiger partial charge < -0.3 is 15.0 Å². The molecule has 2 amide bonds. The highest BCUT2D eigenvalue weighted by Crippen LogP contribution is 2.42. The van der Waals surface area contributed by atoms with Crippen LogP contribution in [0.15, 0.2) is 24.3 Å². The molecule has 1 aromatic rings. The Bertz CT molecular complexity index is 686. The topological polar surface area (TPSA) is 75.7 Å². The summed E-state index contributed by atoms with van der Waals surface area (Å²) in [5.41, 5.74) is 1.05. The molecule has 1 saturated heterocycles. The first-order chi connectivity index (χ1) is 12.5. The minimum atomic E-state index is -0.414. The molecule has 0 aromatic heterocycles. The minimum absolute atomic E-state index is 0.126. The molecule has 140 valence electrons. The van der Waals surface area contributed by atoms with Crippen LogP contribution in [0.2, 0.25) is 0 Å². The standard InChI is InChI=1S/C20H26N2O4/c1-3-15-6-4-5-11-22(15)19(24)17-12-16(17)18(23)21-14-9-7-13(8-10-14)20(25)26-2/h7-10,15-17H,3-6,11-12H2,1-2H3,(H,21,23). The maximum Gasteiger partial charge on any atom is 0.337 e. The molecule has 2 fully saturated rings. The van der Waals surface area contributed by atoms with E-state index in [1.807, 2.05) is 4.90 Å². The predicted molar refractivity (Wildman–Crippen MR) is 97.7 cm³/mol. The zero-order valence-corrected chi connectivity index (χ0v) is 15.4. The molecule has 26 heavy (non-hydrogen) atoms. The largest absolute Gasteiger partial charge is 0.465 e. The maximum atomic E-state index is 12.7. The lowest BCUT2D eigenvalue weighted by molar-refractivity contribution is -0.137. The van der Waals surface area contributed by atoms with Gasteiger partial charge in [-0.2, -0.15) is 0 Å². The van der Waals surface area contributed by atoms with Gasteiger partial charge in [0.2, 0.25) is 11.8 Å². The molecule has 1 saturated carbocycles. The van der Waals surface area contributed by atoms with Crippen LogP contribution in [-0.4, -0.2) is 42.4 Å². The van der Waals surface area contributed by atoms with Crippen molar-refractivity contribution in [3.05, 3.63) is 29.8 Å². The zero-order valence-electron chi connectivity index (χ0n) is 15.4. The molecule has 3 atom stereocenters. The van der Waals surface area contributed by atoms with Gasteiger partial charge in [0.15, 0.2) is 0 Å². The molecule has 0 bridgehead atoms. The van der Waals surface area contributed by atoms with E-state index in [-0.39, 0.29) is 23.7 Å². The second-order valence-electron chi connectivity index (χ2n) is 7.10. The van der Waals surface area contributed by atoms with E-state index in [1.54, 1.807) is 24.3 Å². The van der Waals surface area contributed by atoms with Crippen LogP contribution in [0.4, 0.5) is 5.69 Å². The van der Waals surface area contributed by atoms with Gasteiger partial charge >= 0.3 is 5.97 Å². The van der Waals surface area contributed by atoms with Gasteiger partial charge in [0.05, 0.1) is 24.5 Å². The van der Waals surface area contributed by atoms with Crippen molar-refractivity contribution < 1.29 is 19.1 Å². The Morgan fingerprint density at radius 2 is 1.88 bits per heavy atom. The second-order valence-corrected chi connectivity index (χ2v) is 7.10. The molecule has 1 aromatic carbocycles. The molecule has 3 unspecified atom stereocenters. The molecule has 1 aliphatic carbocycles. The molecule has 0 radical (unpaired) electrons. The highest BCUT2D eigenvalue weighted by Gasteiger charge is 2.50. The van der Waals surface area contributed by atoms with Crippen LogP contribution < -0.4 is 5.32 Å². The van der Waals surface area contributed by atoms with Crippen molar-refractivity contribution in [2.45, 2.75) is 45.1 Å². The first-order valence-electron chi connectivity index (χ1n) is 9.34. The Morgan fingerprint density at radius 3 is 2.54 bits per heavy atom. The van der Waals surface area contributed by atoms with Gasteiger partial charge in [-0.3, -0.25) is 9.59 Å². The number of rotatable bonds is 5. The summed E-state index contributed by atoms with van der Waals surface area (Å²) >= 11 is 0. The molecule has 1 N–H and O–H groups in total. The van der Waals surface area contributed by atoms with E-state index >= 15 is 0 Å². The van der Waals surface area contributed by atoms with Gasteiger partial charge in [0.1, 0.15) is 0 Å². The van der Waals surface area contributed by atoms with Gasteiger partial charge in [-0.1, -0.05) is 6.92 Å². The minimum Gasteiger partial charge on any atom is -0.465 e. The number of hydrogen-bond acceptors (Lipinski definition) is 4. The number of benzene rings is 1. The number of carbonyl (C=O) groups is 3. The Hall–Kier alpha value is -2.37. The Balaban J connectivity index is 1.55. The van der Waals surface area contributed by atoms with Gasteiger partial charge in [0.25, 0.3) is 0 Å².